The largest absolute Gasteiger partial charge is 0.352 e. The van der Waals surface area contributed by atoms with Gasteiger partial charge in [0.2, 0.25) is 15.9 Å². The van der Waals surface area contributed by atoms with Gasteiger partial charge in [0.05, 0.1) is 16.5 Å². The summed E-state index contributed by atoms with van der Waals surface area (Å²) in [4.78, 5) is 24.3. The van der Waals surface area contributed by atoms with Crippen LogP contribution in [0.2, 0.25) is 5.02 Å². The molecule has 1 fully saturated rings. The van der Waals surface area contributed by atoms with Gasteiger partial charge in [-0.1, -0.05) is 41.9 Å². The minimum atomic E-state index is -3.74. The second-order valence-corrected chi connectivity index (χ2v) is 8.58. The Hall–Kier alpha value is -2.38. The van der Waals surface area contributed by atoms with Crippen molar-refractivity contribution in [1.29, 1.82) is 0 Å². The number of hydrogen-bond donors (Lipinski definition) is 1. The number of amides is 2. The van der Waals surface area contributed by atoms with E-state index in [1.54, 1.807) is 0 Å². The first-order valence-electron chi connectivity index (χ1n) is 8.56. The van der Waals surface area contributed by atoms with E-state index >= 15 is 0 Å². The average molecular weight is 407 g/mol. The molecule has 0 atom stereocenters. The molecule has 0 saturated carbocycles. The Morgan fingerprint density at radius 2 is 1.89 bits per heavy atom. The summed E-state index contributed by atoms with van der Waals surface area (Å²) in [7, 11) is -3.74. The first-order chi connectivity index (χ1) is 12.9. The number of nitrogens with zero attached hydrogens (tertiary/aromatic N) is 1. The fraction of sp³-hybridized carbons (Fsp3) is 0.263. The fourth-order valence-corrected chi connectivity index (χ4v) is 4.62. The highest BCUT2D eigenvalue weighted by atomic mass is 35.5. The van der Waals surface area contributed by atoms with E-state index in [0.29, 0.717) is 10.8 Å². The van der Waals surface area contributed by atoms with Gasteiger partial charge in [0.25, 0.3) is 5.91 Å². The lowest BCUT2D eigenvalue weighted by molar-refractivity contribution is -0.116. The van der Waals surface area contributed by atoms with E-state index in [1.165, 1.54) is 23.8 Å². The minimum Gasteiger partial charge on any atom is -0.352 e. The molecule has 0 radical (unpaired) electrons. The number of rotatable bonds is 6. The average Bonchev–Trinajstić information content (AvgIpc) is 2.93. The molecule has 2 aromatic rings. The Morgan fingerprint density at radius 3 is 2.56 bits per heavy atom. The summed E-state index contributed by atoms with van der Waals surface area (Å²) in [5.74, 6) is -1.14. The molecule has 0 bridgehead atoms. The Bertz CT molecular complexity index is 961. The van der Waals surface area contributed by atoms with Crippen molar-refractivity contribution in [3.63, 3.8) is 0 Å². The fourth-order valence-electron chi connectivity index (χ4n) is 2.90. The summed E-state index contributed by atoms with van der Waals surface area (Å²) in [6.07, 6.45) is 1.53. The zero-order chi connectivity index (χ0) is 19.4. The van der Waals surface area contributed by atoms with Crippen molar-refractivity contribution >= 4 is 39.1 Å². The summed E-state index contributed by atoms with van der Waals surface area (Å²) in [5, 5.41) is 2.91. The highest BCUT2D eigenvalue weighted by Crippen LogP contribution is 2.32. The molecule has 2 amide bonds. The molecule has 0 aromatic heterocycles. The van der Waals surface area contributed by atoms with Gasteiger partial charge in [0.15, 0.2) is 0 Å². The molecule has 0 unspecified atom stereocenters. The van der Waals surface area contributed by atoms with Gasteiger partial charge in [-0.3, -0.25) is 9.59 Å². The van der Waals surface area contributed by atoms with Gasteiger partial charge in [-0.05, 0) is 36.6 Å². The van der Waals surface area contributed by atoms with E-state index in [9.17, 15) is 18.0 Å². The van der Waals surface area contributed by atoms with Crippen LogP contribution in [0, 0.1) is 0 Å². The van der Waals surface area contributed by atoms with Gasteiger partial charge < -0.3 is 5.32 Å². The Balaban J connectivity index is 1.66. The molecule has 142 valence electrons. The summed E-state index contributed by atoms with van der Waals surface area (Å²) in [5.41, 5.74) is 1.47. The molecular weight excluding hydrogens is 388 g/mol. The molecule has 8 heteroatoms. The van der Waals surface area contributed by atoms with Crippen molar-refractivity contribution in [2.45, 2.75) is 19.3 Å². The molecule has 1 aliphatic rings. The van der Waals surface area contributed by atoms with E-state index in [2.05, 4.69) is 5.32 Å². The van der Waals surface area contributed by atoms with Crippen LogP contribution in [0.5, 0.6) is 0 Å². The van der Waals surface area contributed by atoms with Crippen LogP contribution in [0.25, 0.3) is 0 Å². The lowest BCUT2D eigenvalue weighted by Crippen LogP contribution is -2.30. The summed E-state index contributed by atoms with van der Waals surface area (Å²) in [6.45, 7) is 0.479. The van der Waals surface area contributed by atoms with Crippen LogP contribution in [-0.4, -0.2) is 32.5 Å². The molecule has 2 aromatic carbocycles. The van der Waals surface area contributed by atoms with E-state index in [4.69, 9.17) is 11.6 Å². The topological polar surface area (TPSA) is 83.6 Å². The van der Waals surface area contributed by atoms with Crippen molar-refractivity contribution in [3.8, 4) is 0 Å². The van der Waals surface area contributed by atoms with E-state index in [1.807, 2.05) is 30.3 Å². The zero-order valence-electron chi connectivity index (χ0n) is 14.5. The summed E-state index contributed by atoms with van der Waals surface area (Å²) in [6, 6.07) is 14.2. The van der Waals surface area contributed by atoms with Crippen molar-refractivity contribution < 1.29 is 18.0 Å². The molecule has 1 heterocycles. The van der Waals surface area contributed by atoms with Gasteiger partial charge >= 0.3 is 0 Å². The molecule has 27 heavy (non-hydrogen) atoms. The predicted octanol–water partition coefficient (Wildman–Crippen LogP) is 2.77. The van der Waals surface area contributed by atoms with Gasteiger partial charge in [-0.25, -0.2) is 12.7 Å². The normalized spacial score (nSPS) is 15.7. The van der Waals surface area contributed by atoms with Crippen molar-refractivity contribution in [2.75, 3.05) is 16.6 Å². The van der Waals surface area contributed by atoms with Gasteiger partial charge in [0, 0.05) is 18.5 Å². The number of halogens is 1. The highest BCUT2D eigenvalue weighted by molar-refractivity contribution is 7.94. The number of aryl methyl sites for hydroxylation is 1. The van der Waals surface area contributed by atoms with Crippen LogP contribution >= 0.6 is 11.6 Å². The van der Waals surface area contributed by atoms with Crippen LogP contribution in [0.1, 0.15) is 28.8 Å². The van der Waals surface area contributed by atoms with E-state index < -0.39 is 15.9 Å². The molecule has 1 N–H and O–H groups in total. The molecule has 1 saturated heterocycles. The maximum atomic E-state index is 12.4. The van der Waals surface area contributed by atoms with E-state index in [0.717, 1.165) is 12.8 Å². The van der Waals surface area contributed by atoms with Gasteiger partial charge in [-0.15, -0.1) is 0 Å². The first-order valence-corrected chi connectivity index (χ1v) is 10.5. The van der Waals surface area contributed by atoms with Crippen LogP contribution in [0.3, 0.4) is 0 Å². The SMILES string of the molecule is O=C(NCCCc1ccccc1)c1ccc(Cl)c(N2C(=O)CCS2(=O)=O)c1. The quantitative estimate of drug-likeness (QED) is 0.747. The van der Waals surface area contributed by atoms with E-state index in [-0.39, 0.29) is 34.4 Å². The van der Waals surface area contributed by atoms with Crippen molar-refractivity contribution in [2.24, 2.45) is 0 Å². The molecule has 0 aliphatic carbocycles. The molecule has 3 rings (SSSR count). The maximum absolute atomic E-state index is 12.4. The third-order valence-electron chi connectivity index (χ3n) is 4.28. The van der Waals surface area contributed by atoms with Gasteiger partial charge in [0.1, 0.15) is 0 Å². The predicted molar refractivity (Wildman–Crippen MR) is 104 cm³/mol. The number of sulfonamides is 1. The number of nitrogens with one attached hydrogen (secondary N) is 1. The zero-order valence-corrected chi connectivity index (χ0v) is 16.1. The van der Waals surface area contributed by atoms with Crippen molar-refractivity contribution in [3.05, 3.63) is 64.7 Å². The second kappa shape index (κ2) is 8.10. The summed E-state index contributed by atoms with van der Waals surface area (Å²) >= 11 is 6.08. The Morgan fingerprint density at radius 1 is 1.15 bits per heavy atom. The maximum Gasteiger partial charge on any atom is 0.251 e. The number of carbonyl (C=O) groups is 2. The smallest absolute Gasteiger partial charge is 0.251 e. The molecular formula is C19H19ClN2O4S. The van der Waals surface area contributed by atoms with Crippen LogP contribution in [0.4, 0.5) is 5.69 Å². The minimum absolute atomic E-state index is 0.0242. The monoisotopic (exact) mass is 406 g/mol. The van der Waals surface area contributed by atoms with Gasteiger partial charge in [-0.2, -0.15) is 0 Å². The number of carbonyl (C=O) groups excluding carboxylic acids is 2. The number of benzene rings is 2. The molecule has 0 spiro atoms. The number of anilines is 1. The van der Waals surface area contributed by atoms with Crippen LogP contribution in [-0.2, 0) is 21.2 Å². The lowest BCUT2D eigenvalue weighted by atomic mass is 10.1. The van der Waals surface area contributed by atoms with Crippen LogP contribution in [0.15, 0.2) is 48.5 Å². The van der Waals surface area contributed by atoms with Crippen molar-refractivity contribution in [1.82, 2.24) is 5.32 Å². The Kier molecular flexibility index (Phi) is 5.82. The first kappa shape index (κ1) is 19.4. The number of hydrogen-bond acceptors (Lipinski definition) is 4. The molecule has 6 nitrogen and oxygen atoms in total. The second-order valence-electron chi connectivity index (χ2n) is 6.24. The van der Waals surface area contributed by atoms with Crippen LogP contribution < -0.4 is 9.62 Å². The highest BCUT2D eigenvalue weighted by Gasteiger charge is 2.37. The third-order valence-corrected chi connectivity index (χ3v) is 6.27. The third kappa shape index (κ3) is 4.48. The Labute approximate surface area is 163 Å². The molecule has 1 aliphatic heterocycles. The lowest BCUT2D eigenvalue weighted by Gasteiger charge is -2.17. The standard InChI is InChI=1S/C19H19ClN2O4S/c20-16-9-8-15(13-17(16)22-18(23)10-12-27(22,25)26)19(24)21-11-4-7-14-5-2-1-3-6-14/h1-3,5-6,8-9,13H,4,7,10-12H2,(H,21,24). The summed E-state index contributed by atoms with van der Waals surface area (Å²) < 4.78 is 24.9.